The van der Waals surface area contributed by atoms with Crippen LogP contribution in [0.3, 0.4) is 0 Å². The average molecular weight is 385 g/mol. The fourth-order valence-electron chi connectivity index (χ4n) is 1.95. The number of ether oxygens (including phenoxy) is 1. The lowest BCUT2D eigenvalue weighted by molar-refractivity contribution is 0.154. The Bertz CT molecular complexity index is 559. The van der Waals surface area contributed by atoms with Gasteiger partial charge in [0.25, 0.3) is 0 Å². The molecular formula is C13H19BrClNO3S. The predicted octanol–water partition coefficient (Wildman–Crippen LogP) is 3.58. The summed E-state index contributed by atoms with van der Waals surface area (Å²) in [4.78, 5) is 0. The summed E-state index contributed by atoms with van der Waals surface area (Å²) in [6.45, 7) is 4.13. The van der Waals surface area contributed by atoms with E-state index in [9.17, 15) is 8.42 Å². The topological polar surface area (TPSA) is 69.4 Å². The third kappa shape index (κ3) is 5.24. The molecule has 1 aromatic carbocycles. The van der Waals surface area contributed by atoms with Gasteiger partial charge in [-0.25, -0.2) is 13.6 Å². The van der Waals surface area contributed by atoms with Crippen LogP contribution in [0.4, 0.5) is 0 Å². The highest BCUT2D eigenvalue weighted by Crippen LogP contribution is 2.32. The molecule has 0 spiro atoms. The predicted molar refractivity (Wildman–Crippen MR) is 85.6 cm³/mol. The standard InChI is InChI=1S/C13H19BrClNO3S/c1-3-13(4-2,9-20(16,17)18)8-19-12-6-5-10(14)7-11(12)15/h5-7H,3-4,8-9H2,1-2H3,(H2,16,17,18). The number of rotatable bonds is 7. The maximum atomic E-state index is 11.4. The van der Waals surface area contributed by atoms with Crippen LogP contribution in [-0.4, -0.2) is 20.8 Å². The minimum absolute atomic E-state index is 0.0961. The van der Waals surface area contributed by atoms with E-state index >= 15 is 0 Å². The molecule has 1 rings (SSSR count). The van der Waals surface area contributed by atoms with Gasteiger partial charge in [-0.15, -0.1) is 0 Å². The van der Waals surface area contributed by atoms with Gasteiger partial charge < -0.3 is 4.74 Å². The van der Waals surface area contributed by atoms with Crippen LogP contribution in [0, 0.1) is 5.41 Å². The lowest BCUT2D eigenvalue weighted by Crippen LogP contribution is -2.37. The van der Waals surface area contributed by atoms with Gasteiger partial charge in [0.15, 0.2) is 0 Å². The molecule has 0 aliphatic rings. The molecule has 1 aromatic rings. The molecular weight excluding hydrogens is 366 g/mol. The Kier molecular flexibility index (Phi) is 6.31. The first-order chi connectivity index (χ1) is 9.21. The molecule has 0 radical (unpaired) electrons. The molecule has 0 unspecified atom stereocenters. The molecule has 0 saturated heterocycles. The lowest BCUT2D eigenvalue weighted by Gasteiger charge is -2.30. The van der Waals surface area contributed by atoms with Crippen molar-refractivity contribution >= 4 is 37.6 Å². The van der Waals surface area contributed by atoms with E-state index in [2.05, 4.69) is 15.9 Å². The second kappa shape index (κ2) is 7.11. The first kappa shape index (κ1) is 17.8. The SMILES string of the molecule is CCC(CC)(COc1ccc(Br)cc1Cl)CS(N)(=O)=O. The van der Waals surface area contributed by atoms with Crippen LogP contribution in [0.5, 0.6) is 5.75 Å². The van der Waals surface area contributed by atoms with Crippen LogP contribution < -0.4 is 9.88 Å². The summed E-state index contributed by atoms with van der Waals surface area (Å²) in [7, 11) is -3.55. The summed E-state index contributed by atoms with van der Waals surface area (Å²) in [6, 6.07) is 5.30. The Morgan fingerprint density at radius 2 is 1.95 bits per heavy atom. The third-order valence-corrected chi connectivity index (χ3v) is 5.24. The lowest BCUT2D eigenvalue weighted by atomic mass is 9.85. The maximum Gasteiger partial charge on any atom is 0.209 e. The molecule has 0 fully saturated rings. The summed E-state index contributed by atoms with van der Waals surface area (Å²) < 4.78 is 29.3. The number of hydrogen-bond acceptors (Lipinski definition) is 3. The van der Waals surface area contributed by atoms with Crippen molar-refractivity contribution in [1.82, 2.24) is 0 Å². The van der Waals surface area contributed by atoms with Gasteiger partial charge in [-0.1, -0.05) is 41.4 Å². The van der Waals surface area contributed by atoms with Crippen molar-refractivity contribution in [3.05, 3.63) is 27.7 Å². The Morgan fingerprint density at radius 3 is 2.40 bits per heavy atom. The zero-order valence-electron chi connectivity index (χ0n) is 11.5. The van der Waals surface area contributed by atoms with E-state index < -0.39 is 15.4 Å². The molecule has 7 heteroatoms. The molecule has 114 valence electrons. The molecule has 0 heterocycles. The van der Waals surface area contributed by atoms with Crippen molar-refractivity contribution in [3.63, 3.8) is 0 Å². The van der Waals surface area contributed by atoms with Gasteiger partial charge in [0, 0.05) is 9.89 Å². The van der Waals surface area contributed by atoms with Crippen molar-refractivity contribution < 1.29 is 13.2 Å². The minimum atomic E-state index is -3.55. The molecule has 2 N–H and O–H groups in total. The summed E-state index contributed by atoms with van der Waals surface area (Å²) in [5.41, 5.74) is -0.496. The Morgan fingerprint density at radius 1 is 1.35 bits per heavy atom. The highest BCUT2D eigenvalue weighted by atomic mass is 79.9. The number of halogens is 2. The molecule has 0 atom stereocenters. The van der Waals surface area contributed by atoms with E-state index in [-0.39, 0.29) is 12.4 Å². The van der Waals surface area contributed by atoms with Crippen molar-refractivity contribution in [3.8, 4) is 5.75 Å². The molecule has 0 saturated carbocycles. The molecule has 0 bridgehead atoms. The highest BCUT2D eigenvalue weighted by Gasteiger charge is 2.32. The normalized spacial score (nSPS) is 12.4. The second-order valence-electron chi connectivity index (χ2n) is 4.88. The smallest absolute Gasteiger partial charge is 0.209 e. The Labute approximate surface area is 133 Å². The van der Waals surface area contributed by atoms with Crippen LogP contribution in [0.1, 0.15) is 26.7 Å². The third-order valence-electron chi connectivity index (χ3n) is 3.44. The molecule has 0 aliphatic carbocycles. The maximum absolute atomic E-state index is 11.4. The quantitative estimate of drug-likeness (QED) is 0.781. The Balaban J connectivity index is 2.86. The number of sulfonamides is 1. The van der Waals surface area contributed by atoms with Crippen molar-refractivity contribution in [2.45, 2.75) is 26.7 Å². The minimum Gasteiger partial charge on any atom is -0.491 e. The number of hydrogen-bond donors (Lipinski definition) is 1. The van der Waals surface area contributed by atoms with Gasteiger partial charge in [-0.3, -0.25) is 0 Å². The molecule has 4 nitrogen and oxygen atoms in total. The molecule has 0 aliphatic heterocycles. The summed E-state index contributed by atoms with van der Waals surface area (Å²) in [5, 5.41) is 5.66. The van der Waals surface area contributed by atoms with Gasteiger partial charge in [0.2, 0.25) is 10.0 Å². The molecule has 0 aromatic heterocycles. The van der Waals surface area contributed by atoms with Crippen LogP contribution in [0.2, 0.25) is 5.02 Å². The van der Waals surface area contributed by atoms with E-state index in [4.69, 9.17) is 21.5 Å². The van der Waals surface area contributed by atoms with Crippen LogP contribution in [0.15, 0.2) is 22.7 Å². The van der Waals surface area contributed by atoms with E-state index in [0.717, 1.165) is 4.47 Å². The Hall–Kier alpha value is -0.300. The van der Waals surface area contributed by atoms with Gasteiger partial charge in [-0.2, -0.15) is 0 Å². The summed E-state index contributed by atoms with van der Waals surface area (Å²) in [6.07, 6.45) is 1.32. The molecule has 20 heavy (non-hydrogen) atoms. The van der Waals surface area contributed by atoms with Crippen molar-refractivity contribution in [2.75, 3.05) is 12.4 Å². The van der Waals surface area contributed by atoms with Crippen LogP contribution in [0.25, 0.3) is 0 Å². The van der Waals surface area contributed by atoms with Gasteiger partial charge in [0.05, 0.1) is 17.4 Å². The van der Waals surface area contributed by atoms with Gasteiger partial charge in [0.1, 0.15) is 5.75 Å². The fourth-order valence-corrected chi connectivity index (χ4v) is 4.02. The number of primary sulfonamides is 1. The first-order valence-corrected chi connectivity index (χ1v) is 9.18. The average Bonchev–Trinajstić information content (AvgIpc) is 2.35. The van der Waals surface area contributed by atoms with E-state index in [1.54, 1.807) is 12.1 Å². The number of nitrogens with two attached hydrogens (primary N) is 1. The monoisotopic (exact) mass is 383 g/mol. The number of benzene rings is 1. The molecule has 0 amide bonds. The highest BCUT2D eigenvalue weighted by molar-refractivity contribution is 9.10. The van der Waals surface area contributed by atoms with Gasteiger partial charge >= 0.3 is 0 Å². The summed E-state index contributed by atoms with van der Waals surface area (Å²) in [5.74, 6) is 0.441. The zero-order valence-corrected chi connectivity index (χ0v) is 14.7. The van der Waals surface area contributed by atoms with Crippen LogP contribution in [-0.2, 0) is 10.0 Å². The second-order valence-corrected chi connectivity index (χ2v) is 7.81. The largest absolute Gasteiger partial charge is 0.491 e. The van der Waals surface area contributed by atoms with E-state index in [1.807, 2.05) is 19.9 Å². The van der Waals surface area contributed by atoms with Crippen molar-refractivity contribution in [2.24, 2.45) is 10.6 Å². The zero-order chi connectivity index (χ0) is 15.4. The van der Waals surface area contributed by atoms with Gasteiger partial charge in [-0.05, 0) is 31.0 Å². The van der Waals surface area contributed by atoms with Crippen LogP contribution >= 0.6 is 27.5 Å². The van der Waals surface area contributed by atoms with E-state index in [1.165, 1.54) is 0 Å². The van der Waals surface area contributed by atoms with E-state index in [0.29, 0.717) is 23.6 Å². The first-order valence-electron chi connectivity index (χ1n) is 6.29. The summed E-state index contributed by atoms with van der Waals surface area (Å²) >= 11 is 9.40. The van der Waals surface area contributed by atoms with Crippen molar-refractivity contribution in [1.29, 1.82) is 0 Å². The fraction of sp³-hybridized carbons (Fsp3) is 0.538.